The molecule has 4 rings (SSSR count). The van der Waals surface area contributed by atoms with Crippen LogP contribution in [-0.4, -0.2) is 9.55 Å². The summed E-state index contributed by atoms with van der Waals surface area (Å²) in [6.45, 7) is 0.447. The number of halogens is 3. The minimum atomic E-state index is -4.39. The SMILES string of the molecule is FC(F)(F)c1ccc2nc(-c3ccccc3)n(Cc3ccccc3)c2c1. The lowest BCUT2D eigenvalue weighted by Crippen LogP contribution is -2.06. The van der Waals surface area contributed by atoms with Crippen LogP contribution >= 0.6 is 0 Å². The van der Waals surface area contributed by atoms with Crippen LogP contribution in [0.4, 0.5) is 13.2 Å². The molecule has 0 radical (unpaired) electrons. The Morgan fingerprint density at radius 2 is 1.46 bits per heavy atom. The van der Waals surface area contributed by atoms with E-state index < -0.39 is 11.7 Å². The molecule has 130 valence electrons. The number of alkyl halides is 3. The summed E-state index contributed by atoms with van der Waals surface area (Å²) in [4.78, 5) is 4.60. The van der Waals surface area contributed by atoms with E-state index >= 15 is 0 Å². The number of imidazole rings is 1. The largest absolute Gasteiger partial charge is 0.416 e. The van der Waals surface area contributed by atoms with E-state index in [1.54, 1.807) is 0 Å². The third-order valence-corrected chi connectivity index (χ3v) is 4.29. The molecule has 0 saturated heterocycles. The van der Waals surface area contributed by atoms with Crippen molar-refractivity contribution in [1.82, 2.24) is 9.55 Å². The number of rotatable bonds is 3. The Balaban J connectivity index is 1.93. The number of hydrogen-bond donors (Lipinski definition) is 0. The summed E-state index contributed by atoms with van der Waals surface area (Å²) >= 11 is 0. The van der Waals surface area contributed by atoms with Crippen molar-refractivity contribution in [2.75, 3.05) is 0 Å². The van der Waals surface area contributed by atoms with E-state index in [2.05, 4.69) is 4.98 Å². The molecule has 0 atom stereocenters. The Kier molecular flexibility index (Phi) is 3.99. The lowest BCUT2D eigenvalue weighted by Gasteiger charge is -2.11. The zero-order chi connectivity index (χ0) is 18.1. The molecule has 0 aliphatic heterocycles. The van der Waals surface area contributed by atoms with Crippen LogP contribution in [0.3, 0.4) is 0 Å². The topological polar surface area (TPSA) is 17.8 Å². The van der Waals surface area contributed by atoms with Gasteiger partial charge in [-0.2, -0.15) is 13.2 Å². The average molecular weight is 352 g/mol. The number of nitrogens with zero attached hydrogens (tertiary/aromatic N) is 2. The first kappa shape index (κ1) is 16.4. The summed E-state index contributed by atoms with van der Waals surface area (Å²) < 4.78 is 41.4. The highest BCUT2D eigenvalue weighted by molar-refractivity contribution is 5.81. The highest BCUT2D eigenvalue weighted by atomic mass is 19.4. The molecule has 1 heterocycles. The van der Waals surface area contributed by atoms with Crippen LogP contribution in [0, 0.1) is 0 Å². The molecule has 0 aliphatic carbocycles. The van der Waals surface area contributed by atoms with Gasteiger partial charge in [-0.05, 0) is 23.8 Å². The molecule has 3 aromatic carbocycles. The molecule has 0 saturated carbocycles. The predicted octanol–water partition coefficient (Wildman–Crippen LogP) is 5.77. The van der Waals surface area contributed by atoms with Crippen LogP contribution in [0.5, 0.6) is 0 Å². The van der Waals surface area contributed by atoms with Crippen LogP contribution < -0.4 is 0 Å². The maximum Gasteiger partial charge on any atom is 0.416 e. The van der Waals surface area contributed by atoms with Crippen molar-refractivity contribution in [3.8, 4) is 11.4 Å². The molecular weight excluding hydrogens is 337 g/mol. The third-order valence-electron chi connectivity index (χ3n) is 4.29. The molecule has 0 bridgehead atoms. The van der Waals surface area contributed by atoms with E-state index in [0.717, 1.165) is 17.2 Å². The Morgan fingerprint density at radius 1 is 0.808 bits per heavy atom. The predicted molar refractivity (Wildman–Crippen MR) is 95.7 cm³/mol. The number of hydrogen-bond acceptors (Lipinski definition) is 1. The maximum absolute atomic E-state index is 13.2. The summed E-state index contributed by atoms with van der Waals surface area (Å²) in [6, 6.07) is 22.8. The van der Waals surface area contributed by atoms with Crippen molar-refractivity contribution in [2.24, 2.45) is 0 Å². The minimum Gasteiger partial charge on any atom is -0.319 e. The molecule has 4 aromatic rings. The average Bonchev–Trinajstić information content (AvgIpc) is 3.00. The highest BCUT2D eigenvalue weighted by Crippen LogP contribution is 2.33. The summed E-state index contributed by atoms with van der Waals surface area (Å²) in [6.07, 6.45) is -4.39. The van der Waals surface area contributed by atoms with Crippen LogP contribution in [-0.2, 0) is 12.7 Å². The van der Waals surface area contributed by atoms with Gasteiger partial charge in [0.15, 0.2) is 0 Å². The fourth-order valence-electron chi connectivity index (χ4n) is 3.03. The van der Waals surface area contributed by atoms with Gasteiger partial charge in [-0.25, -0.2) is 4.98 Å². The number of benzene rings is 3. The molecule has 0 unspecified atom stereocenters. The zero-order valence-corrected chi connectivity index (χ0v) is 13.7. The molecule has 5 heteroatoms. The lowest BCUT2D eigenvalue weighted by atomic mass is 10.1. The van der Waals surface area contributed by atoms with Gasteiger partial charge in [0.2, 0.25) is 0 Å². The van der Waals surface area contributed by atoms with E-state index in [9.17, 15) is 13.2 Å². The van der Waals surface area contributed by atoms with Crippen LogP contribution in [0.25, 0.3) is 22.4 Å². The molecule has 0 aliphatic rings. The summed E-state index contributed by atoms with van der Waals surface area (Å²) in [5.41, 5.74) is 2.23. The van der Waals surface area contributed by atoms with E-state index in [-0.39, 0.29) is 0 Å². The van der Waals surface area contributed by atoms with Crippen LogP contribution in [0.1, 0.15) is 11.1 Å². The van der Waals surface area contributed by atoms with Gasteiger partial charge in [0.1, 0.15) is 5.82 Å². The monoisotopic (exact) mass is 352 g/mol. The zero-order valence-electron chi connectivity index (χ0n) is 13.7. The minimum absolute atomic E-state index is 0.447. The molecule has 0 spiro atoms. The lowest BCUT2D eigenvalue weighted by molar-refractivity contribution is -0.137. The van der Waals surface area contributed by atoms with Crippen molar-refractivity contribution < 1.29 is 13.2 Å². The van der Waals surface area contributed by atoms with Gasteiger partial charge < -0.3 is 4.57 Å². The highest BCUT2D eigenvalue weighted by Gasteiger charge is 2.31. The van der Waals surface area contributed by atoms with Crippen molar-refractivity contribution in [3.05, 3.63) is 90.0 Å². The maximum atomic E-state index is 13.2. The smallest absolute Gasteiger partial charge is 0.319 e. The summed E-state index contributed by atoms with van der Waals surface area (Å²) in [7, 11) is 0. The van der Waals surface area contributed by atoms with Crippen LogP contribution in [0.15, 0.2) is 78.9 Å². The quantitative estimate of drug-likeness (QED) is 0.458. The van der Waals surface area contributed by atoms with Gasteiger partial charge in [0, 0.05) is 12.1 Å². The standard InChI is InChI=1S/C21H15F3N2/c22-21(23,24)17-11-12-18-19(13-17)26(14-15-7-3-1-4-8-15)20(25-18)16-9-5-2-6-10-16/h1-13H,14H2. The Hall–Kier alpha value is -3.08. The van der Waals surface area contributed by atoms with Gasteiger partial charge in [0.05, 0.1) is 16.6 Å². The molecule has 0 N–H and O–H groups in total. The fourth-order valence-corrected chi connectivity index (χ4v) is 3.03. The van der Waals surface area contributed by atoms with Gasteiger partial charge in [-0.3, -0.25) is 0 Å². The second kappa shape index (κ2) is 6.33. The Morgan fingerprint density at radius 3 is 2.12 bits per heavy atom. The van der Waals surface area contributed by atoms with Gasteiger partial charge in [0.25, 0.3) is 0 Å². The third kappa shape index (κ3) is 3.08. The van der Waals surface area contributed by atoms with E-state index in [1.807, 2.05) is 65.2 Å². The van der Waals surface area contributed by atoms with Crippen molar-refractivity contribution >= 4 is 11.0 Å². The number of fused-ring (bicyclic) bond motifs is 1. The molecule has 2 nitrogen and oxygen atoms in total. The van der Waals surface area contributed by atoms with Crippen molar-refractivity contribution in [2.45, 2.75) is 12.7 Å². The van der Waals surface area contributed by atoms with Gasteiger partial charge in [-0.15, -0.1) is 0 Å². The summed E-state index contributed by atoms with van der Waals surface area (Å²) in [5, 5.41) is 0. The van der Waals surface area contributed by atoms with Crippen LogP contribution in [0.2, 0.25) is 0 Å². The second-order valence-electron chi connectivity index (χ2n) is 6.07. The first-order chi connectivity index (χ1) is 12.5. The Labute approximate surface area is 148 Å². The van der Waals surface area contributed by atoms with E-state index in [0.29, 0.717) is 23.4 Å². The van der Waals surface area contributed by atoms with E-state index in [4.69, 9.17) is 0 Å². The fraction of sp³-hybridized carbons (Fsp3) is 0.0952. The van der Waals surface area contributed by atoms with E-state index in [1.165, 1.54) is 12.1 Å². The molecule has 0 fully saturated rings. The van der Waals surface area contributed by atoms with Crippen molar-refractivity contribution in [1.29, 1.82) is 0 Å². The molecule has 0 amide bonds. The first-order valence-electron chi connectivity index (χ1n) is 8.19. The normalized spacial score (nSPS) is 11.8. The number of aromatic nitrogens is 2. The second-order valence-corrected chi connectivity index (χ2v) is 6.07. The first-order valence-corrected chi connectivity index (χ1v) is 8.19. The van der Waals surface area contributed by atoms with Gasteiger partial charge >= 0.3 is 6.18 Å². The molecule has 26 heavy (non-hydrogen) atoms. The summed E-state index contributed by atoms with van der Waals surface area (Å²) in [5.74, 6) is 0.656. The Bertz CT molecular complexity index is 1040. The van der Waals surface area contributed by atoms with Crippen molar-refractivity contribution in [3.63, 3.8) is 0 Å². The van der Waals surface area contributed by atoms with Gasteiger partial charge in [-0.1, -0.05) is 60.7 Å². The molecule has 1 aromatic heterocycles. The molecular formula is C21H15F3N2.